The van der Waals surface area contributed by atoms with Gasteiger partial charge in [0.1, 0.15) is 11.5 Å². The molecule has 1 aromatic carbocycles. The van der Waals surface area contributed by atoms with Gasteiger partial charge in [-0.15, -0.1) is 0 Å². The minimum absolute atomic E-state index is 0.163. The number of nitrogens with zero attached hydrogens (tertiary/aromatic N) is 4. The van der Waals surface area contributed by atoms with Gasteiger partial charge in [0, 0.05) is 47.7 Å². The van der Waals surface area contributed by atoms with Crippen LogP contribution < -0.4 is 5.32 Å². The molecule has 0 saturated carbocycles. The molecule has 0 aliphatic rings. The van der Waals surface area contributed by atoms with E-state index in [2.05, 4.69) is 15.3 Å². The van der Waals surface area contributed by atoms with Crippen molar-refractivity contribution in [2.24, 2.45) is 0 Å². The van der Waals surface area contributed by atoms with E-state index in [1.165, 1.54) is 13.0 Å². The van der Waals surface area contributed by atoms with Crippen LogP contribution in [0.1, 0.15) is 6.92 Å². The third kappa shape index (κ3) is 2.53. The first-order chi connectivity index (χ1) is 12.5. The van der Waals surface area contributed by atoms with Crippen molar-refractivity contribution in [1.29, 1.82) is 0 Å². The topological polar surface area (TPSA) is 103 Å². The standard InChI is InChI=1S/C18H13N5O3/c1-11(24)21-18-14-8-17(20-9-13(14)2-3-15(18)23(25)26)22-7-5-12-4-6-19-10-16(12)22/h2-10H,1H3,(H,21,24). The van der Waals surface area contributed by atoms with E-state index < -0.39 is 4.92 Å². The van der Waals surface area contributed by atoms with Crippen molar-refractivity contribution >= 4 is 39.0 Å². The van der Waals surface area contributed by atoms with E-state index >= 15 is 0 Å². The van der Waals surface area contributed by atoms with Crippen molar-refractivity contribution in [2.45, 2.75) is 6.92 Å². The highest BCUT2D eigenvalue weighted by Crippen LogP contribution is 2.34. The Hall–Kier alpha value is -3.81. The van der Waals surface area contributed by atoms with Crippen LogP contribution in [0.2, 0.25) is 0 Å². The van der Waals surface area contributed by atoms with Crippen molar-refractivity contribution in [3.05, 3.63) is 65.2 Å². The molecule has 0 saturated heterocycles. The normalized spacial score (nSPS) is 11.0. The number of carbonyl (C=O) groups is 1. The van der Waals surface area contributed by atoms with Gasteiger partial charge in [-0.05, 0) is 24.3 Å². The van der Waals surface area contributed by atoms with E-state index in [-0.39, 0.29) is 17.3 Å². The number of nitro groups is 1. The zero-order valence-electron chi connectivity index (χ0n) is 13.7. The quantitative estimate of drug-likeness (QED) is 0.452. The SMILES string of the molecule is CC(=O)Nc1c([N+](=O)[O-])ccc2cnc(-n3ccc4ccncc43)cc12. The minimum atomic E-state index is -0.514. The van der Waals surface area contributed by atoms with E-state index in [1.54, 1.807) is 30.7 Å². The fraction of sp³-hybridized carbons (Fsp3) is 0.0556. The van der Waals surface area contributed by atoms with E-state index in [4.69, 9.17) is 0 Å². The maximum Gasteiger partial charge on any atom is 0.293 e. The highest BCUT2D eigenvalue weighted by atomic mass is 16.6. The fourth-order valence-electron chi connectivity index (χ4n) is 2.96. The van der Waals surface area contributed by atoms with Crippen molar-refractivity contribution in [3.63, 3.8) is 0 Å². The summed E-state index contributed by atoms with van der Waals surface area (Å²) in [7, 11) is 0. The number of amides is 1. The summed E-state index contributed by atoms with van der Waals surface area (Å²) in [4.78, 5) is 31.0. The molecule has 26 heavy (non-hydrogen) atoms. The maximum atomic E-state index is 11.6. The second-order valence-electron chi connectivity index (χ2n) is 5.78. The molecule has 1 amide bonds. The van der Waals surface area contributed by atoms with Crippen LogP contribution in [0.25, 0.3) is 27.5 Å². The number of hydrogen-bond donors (Lipinski definition) is 1. The molecule has 1 N–H and O–H groups in total. The van der Waals surface area contributed by atoms with Gasteiger partial charge in [-0.3, -0.25) is 24.5 Å². The molecule has 0 bridgehead atoms. The van der Waals surface area contributed by atoms with Gasteiger partial charge < -0.3 is 5.32 Å². The Balaban J connectivity index is 1.98. The first kappa shape index (κ1) is 15.7. The van der Waals surface area contributed by atoms with Crippen molar-refractivity contribution in [2.75, 3.05) is 5.32 Å². The van der Waals surface area contributed by atoms with Crippen LogP contribution >= 0.6 is 0 Å². The number of nitrogens with one attached hydrogen (secondary N) is 1. The lowest BCUT2D eigenvalue weighted by Gasteiger charge is -2.10. The van der Waals surface area contributed by atoms with Crippen LogP contribution in [0.4, 0.5) is 11.4 Å². The number of pyridine rings is 2. The number of carbonyl (C=O) groups excluding carboxylic acids is 1. The molecule has 0 aliphatic heterocycles. The summed E-state index contributed by atoms with van der Waals surface area (Å²) in [5.41, 5.74) is 0.868. The summed E-state index contributed by atoms with van der Waals surface area (Å²) in [5.74, 6) is 0.196. The lowest BCUT2D eigenvalue weighted by Crippen LogP contribution is -2.09. The smallest absolute Gasteiger partial charge is 0.293 e. The number of hydrogen-bond acceptors (Lipinski definition) is 5. The molecule has 0 fully saturated rings. The van der Waals surface area contributed by atoms with Gasteiger partial charge in [-0.1, -0.05) is 0 Å². The average molecular weight is 347 g/mol. The Morgan fingerprint density at radius 2 is 2.04 bits per heavy atom. The second kappa shape index (κ2) is 5.92. The lowest BCUT2D eigenvalue weighted by molar-refractivity contribution is -0.383. The Bertz CT molecular complexity index is 1180. The van der Waals surface area contributed by atoms with Crippen molar-refractivity contribution in [1.82, 2.24) is 14.5 Å². The molecule has 0 atom stereocenters. The molecule has 8 nitrogen and oxygen atoms in total. The Kier molecular flexibility index (Phi) is 3.58. The number of rotatable bonds is 3. The van der Waals surface area contributed by atoms with Crippen LogP contribution in [0.5, 0.6) is 0 Å². The molecule has 128 valence electrons. The third-order valence-corrected chi connectivity index (χ3v) is 4.11. The summed E-state index contributed by atoms with van der Waals surface area (Å²) in [6.45, 7) is 1.32. The van der Waals surface area contributed by atoms with E-state index in [9.17, 15) is 14.9 Å². The minimum Gasteiger partial charge on any atom is -0.320 e. The van der Waals surface area contributed by atoms with Gasteiger partial charge in [0.25, 0.3) is 5.69 Å². The summed E-state index contributed by atoms with van der Waals surface area (Å²) in [5, 5.41) is 16.2. The van der Waals surface area contributed by atoms with Crippen molar-refractivity contribution in [3.8, 4) is 5.82 Å². The number of benzene rings is 1. The van der Waals surface area contributed by atoms with Crippen LogP contribution in [0.3, 0.4) is 0 Å². The predicted octanol–water partition coefficient (Wildman–Crippen LogP) is 3.44. The van der Waals surface area contributed by atoms with Crippen LogP contribution in [0.15, 0.2) is 55.1 Å². The fourth-order valence-corrected chi connectivity index (χ4v) is 2.96. The predicted molar refractivity (Wildman–Crippen MR) is 97.3 cm³/mol. The molecule has 3 aromatic heterocycles. The lowest BCUT2D eigenvalue weighted by atomic mass is 10.1. The average Bonchev–Trinajstić information content (AvgIpc) is 3.05. The Morgan fingerprint density at radius 1 is 1.19 bits per heavy atom. The molecule has 8 heteroatoms. The molecule has 0 radical (unpaired) electrons. The van der Waals surface area contributed by atoms with Gasteiger partial charge in [0.2, 0.25) is 5.91 Å². The first-order valence-electron chi connectivity index (χ1n) is 7.81. The van der Waals surface area contributed by atoms with Gasteiger partial charge in [-0.2, -0.15) is 0 Å². The second-order valence-corrected chi connectivity index (χ2v) is 5.78. The number of nitro benzene ring substituents is 1. The highest BCUT2D eigenvalue weighted by Gasteiger charge is 2.19. The van der Waals surface area contributed by atoms with Gasteiger partial charge >= 0.3 is 0 Å². The molecule has 4 aromatic rings. The van der Waals surface area contributed by atoms with Gasteiger partial charge in [0.15, 0.2) is 0 Å². The summed E-state index contributed by atoms with van der Waals surface area (Å²) in [6, 6.07) is 8.53. The van der Waals surface area contributed by atoms with E-state index in [1.807, 2.05) is 22.9 Å². The first-order valence-corrected chi connectivity index (χ1v) is 7.81. The molecule has 3 heterocycles. The number of aromatic nitrogens is 3. The molecule has 4 rings (SSSR count). The summed E-state index contributed by atoms with van der Waals surface area (Å²) >= 11 is 0. The van der Waals surface area contributed by atoms with E-state index in [0.717, 1.165) is 10.9 Å². The van der Waals surface area contributed by atoms with Crippen LogP contribution in [-0.4, -0.2) is 25.4 Å². The Labute approximate surface area is 147 Å². The molecular formula is C18H13N5O3. The summed E-state index contributed by atoms with van der Waals surface area (Å²) in [6.07, 6.45) is 6.92. The van der Waals surface area contributed by atoms with Crippen molar-refractivity contribution < 1.29 is 9.72 Å². The zero-order chi connectivity index (χ0) is 18.3. The monoisotopic (exact) mass is 347 g/mol. The van der Waals surface area contributed by atoms with Crippen LogP contribution in [0, 0.1) is 10.1 Å². The maximum absolute atomic E-state index is 11.6. The number of fused-ring (bicyclic) bond motifs is 2. The Morgan fingerprint density at radius 3 is 2.81 bits per heavy atom. The van der Waals surface area contributed by atoms with Gasteiger partial charge in [-0.25, -0.2) is 4.98 Å². The molecule has 0 unspecified atom stereocenters. The highest BCUT2D eigenvalue weighted by molar-refractivity contribution is 6.05. The summed E-state index contributed by atoms with van der Waals surface area (Å²) < 4.78 is 1.85. The largest absolute Gasteiger partial charge is 0.320 e. The van der Waals surface area contributed by atoms with Gasteiger partial charge in [0.05, 0.1) is 16.6 Å². The number of anilines is 1. The zero-order valence-corrected chi connectivity index (χ0v) is 13.7. The third-order valence-electron chi connectivity index (χ3n) is 4.11. The molecule has 0 aliphatic carbocycles. The van der Waals surface area contributed by atoms with Crippen LogP contribution in [-0.2, 0) is 4.79 Å². The molecular weight excluding hydrogens is 334 g/mol. The van der Waals surface area contributed by atoms with E-state index in [0.29, 0.717) is 16.6 Å². The molecule has 0 spiro atoms.